The molecule has 0 saturated carbocycles. The molecule has 0 aromatic carbocycles. The number of hydrogen-bond donors (Lipinski definition) is 1. The lowest BCUT2D eigenvalue weighted by atomic mass is 10.3. The van der Waals surface area contributed by atoms with Gasteiger partial charge in [0.25, 0.3) is 0 Å². The largest absolute Gasteiger partial charge is 0.369 e. The summed E-state index contributed by atoms with van der Waals surface area (Å²) in [7, 11) is 0. The molecule has 0 bridgehead atoms. The van der Waals surface area contributed by atoms with Crippen LogP contribution in [-0.4, -0.2) is 28.9 Å². The van der Waals surface area contributed by atoms with Crippen LogP contribution in [0.5, 0.6) is 0 Å². The molecule has 0 amide bonds. The van der Waals surface area contributed by atoms with E-state index in [9.17, 15) is 0 Å². The lowest BCUT2D eigenvalue weighted by Crippen LogP contribution is -2.09. The summed E-state index contributed by atoms with van der Waals surface area (Å²) in [5, 5.41) is 4.50. The summed E-state index contributed by atoms with van der Waals surface area (Å²) in [4.78, 5) is 8.50. The van der Waals surface area contributed by atoms with Crippen molar-refractivity contribution in [2.75, 3.05) is 5.73 Å². The average molecular weight is 287 g/mol. The maximum absolute atomic E-state index is 6.06. The molecule has 0 atom stereocenters. The van der Waals surface area contributed by atoms with Crippen molar-refractivity contribution >= 4 is 17.1 Å². The molecule has 0 fully saturated rings. The molecule has 3 rings (SSSR count). The molecule has 112 valence electrons. The number of hydrogen-bond acceptors (Lipinski definition) is 4. The third-order valence-electron chi connectivity index (χ3n) is 3.74. The van der Waals surface area contributed by atoms with Crippen molar-refractivity contribution in [2.45, 2.75) is 46.3 Å². The summed E-state index contributed by atoms with van der Waals surface area (Å²) in [6.07, 6.45) is 7.76. The molecule has 0 unspecified atom stereocenters. The lowest BCUT2D eigenvalue weighted by Gasteiger charge is -2.08. The summed E-state index contributed by atoms with van der Waals surface area (Å²) in [6, 6.07) is 0. The number of anilines is 1. The van der Waals surface area contributed by atoms with E-state index in [0.717, 1.165) is 49.3 Å². The van der Waals surface area contributed by atoms with Crippen LogP contribution in [0, 0.1) is 6.92 Å². The topological polar surface area (TPSA) is 79.5 Å². The number of aryl methyl sites for hydroxylation is 4. The van der Waals surface area contributed by atoms with Gasteiger partial charge in [-0.25, -0.2) is 14.6 Å². The van der Waals surface area contributed by atoms with Gasteiger partial charge in [0.2, 0.25) is 5.95 Å². The van der Waals surface area contributed by atoms with E-state index in [4.69, 9.17) is 5.73 Å². The first kappa shape index (κ1) is 13.7. The second kappa shape index (κ2) is 5.59. The maximum atomic E-state index is 6.06. The number of aromatic nitrogens is 6. The standard InChI is InChI=1S/C14H21N7/c1-3-21-13-12(11(2)18-21)17-14(15)20(13)8-5-4-7-19-9-6-16-10-19/h6,9-10H,3-5,7-8H2,1-2H3,(H2,15,17). The van der Waals surface area contributed by atoms with E-state index in [1.54, 1.807) is 6.20 Å². The number of nitrogen functional groups attached to an aromatic ring is 1. The van der Waals surface area contributed by atoms with Gasteiger partial charge in [0.1, 0.15) is 5.52 Å². The molecule has 0 saturated heterocycles. The van der Waals surface area contributed by atoms with E-state index in [1.165, 1.54) is 0 Å². The second-order valence-corrected chi connectivity index (χ2v) is 5.20. The Bertz CT molecular complexity index is 720. The van der Waals surface area contributed by atoms with Gasteiger partial charge in [-0.15, -0.1) is 0 Å². The Morgan fingerprint density at radius 1 is 1.24 bits per heavy atom. The zero-order chi connectivity index (χ0) is 14.8. The van der Waals surface area contributed by atoms with Gasteiger partial charge in [0.05, 0.1) is 12.0 Å². The number of imidazole rings is 2. The number of rotatable bonds is 6. The number of unbranched alkanes of at least 4 members (excludes halogenated alkanes) is 1. The predicted molar refractivity (Wildman–Crippen MR) is 81.8 cm³/mol. The van der Waals surface area contributed by atoms with Crippen LogP contribution in [-0.2, 0) is 19.6 Å². The fourth-order valence-corrected chi connectivity index (χ4v) is 2.67. The van der Waals surface area contributed by atoms with E-state index in [1.807, 2.05) is 24.1 Å². The Kier molecular flexibility index (Phi) is 3.64. The van der Waals surface area contributed by atoms with Crippen LogP contribution in [0.1, 0.15) is 25.5 Å². The van der Waals surface area contributed by atoms with Crippen molar-refractivity contribution in [1.82, 2.24) is 28.9 Å². The molecule has 0 aliphatic heterocycles. The molecule has 0 radical (unpaired) electrons. The summed E-state index contributed by atoms with van der Waals surface area (Å²) in [6.45, 7) is 6.72. The van der Waals surface area contributed by atoms with Crippen LogP contribution in [0.3, 0.4) is 0 Å². The van der Waals surface area contributed by atoms with Crippen molar-refractivity contribution in [3.05, 3.63) is 24.4 Å². The first-order valence-corrected chi connectivity index (χ1v) is 7.35. The monoisotopic (exact) mass is 287 g/mol. The first-order chi connectivity index (χ1) is 10.2. The Morgan fingerprint density at radius 2 is 2.05 bits per heavy atom. The molecule has 3 aromatic rings. The van der Waals surface area contributed by atoms with Crippen LogP contribution < -0.4 is 5.73 Å². The van der Waals surface area contributed by atoms with Gasteiger partial charge < -0.3 is 10.3 Å². The Labute approximate surface area is 123 Å². The summed E-state index contributed by atoms with van der Waals surface area (Å²) in [5.41, 5.74) is 8.96. The molecular formula is C14H21N7. The van der Waals surface area contributed by atoms with E-state index in [2.05, 4.69) is 31.1 Å². The van der Waals surface area contributed by atoms with Gasteiger partial charge in [-0.2, -0.15) is 5.10 Å². The molecule has 7 nitrogen and oxygen atoms in total. The Morgan fingerprint density at radius 3 is 2.76 bits per heavy atom. The van der Waals surface area contributed by atoms with Gasteiger partial charge >= 0.3 is 0 Å². The van der Waals surface area contributed by atoms with Gasteiger partial charge in [-0.1, -0.05) is 0 Å². The maximum Gasteiger partial charge on any atom is 0.202 e. The van der Waals surface area contributed by atoms with Gasteiger partial charge in [0, 0.05) is 32.0 Å². The molecular weight excluding hydrogens is 266 g/mol. The molecule has 7 heteroatoms. The van der Waals surface area contributed by atoms with Crippen LogP contribution >= 0.6 is 0 Å². The zero-order valence-electron chi connectivity index (χ0n) is 12.5. The van der Waals surface area contributed by atoms with Crippen molar-refractivity contribution in [3.8, 4) is 0 Å². The minimum absolute atomic E-state index is 0.579. The molecule has 2 N–H and O–H groups in total. The minimum atomic E-state index is 0.579. The van der Waals surface area contributed by atoms with Gasteiger partial charge in [-0.05, 0) is 26.7 Å². The number of nitrogens with two attached hydrogens (primary N) is 1. The summed E-state index contributed by atoms with van der Waals surface area (Å²) in [5.74, 6) is 0.579. The molecule has 0 spiro atoms. The average Bonchev–Trinajstić information content (AvgIpc) is 3.15. The van der Waals surface area contributed by atoms with Crippen molar-refractivity contribution in [3.63, 3.8) is 0 Å². The van der Waals surface area contributed by atoms with Crippen LogP contribution in [0.4, 0.5) is 5.95 Å². The molecule has 3 heterocycles. The lowest BCUT2D eigenvalue weighted by molar-refractivity contribution is 0.551. The minimum Gasteiger partial charge on any atom is -0.369 e. The number of fused-ring (bicyclic) bond motifs is 1. The molecule has 0 aliphatic carbocycles. The smallest absolute Gasteiger partial charge is 0.202 e. The van der Waals surface area contributed by atoms with Crippen LogP contribution in [0.2, 0.25) is 0 Å². The van der Waals surface area contributed by atoms with Crippen molar-refractivity contribution in [2.24, 2.45) is 0 Å². The van der Waals surface area contributed by atoms with Gasteiger partial charge in [-0.3, -0.25) is 4.57 Å². The van der Waals surface area contributed by atoms with Crippen LogP contribution in [0.15, 0.2) is 18.7 Å². The van der Waals surface area contributed by atoms with E-state index in [0.29, 0.717) is 5.95 Å². The third-order valence-corrected chi connectivity index (χ3v) is 3.74. The highest BCUT2D eigenvalue weighted by atomic mass is 15.4. The van der Waals surface area contributed by atoms with Crippen molar-refractivity contribution < 1.29 is 0 Å². The quantitative estimate of drug-likeness (QED) is 0.701. The number of nitrogens with zero attached hydrogens (tertiary/aromatic N) is 6. The highest BCUT2D eigenvalue weighted by Crippen LogP contribution is 2.21. The molecule has 0 aliphatic rings. The van der Waals surface area contributed by atoms with Crippen LogP contribution in [0.25, 0.3) is 11.2 Å². The normalized spacial score (nSPS) is 11.5. The van der Waals surface area contributed by atoms with E-state index < -0.39 is 0 Å². The highest BCUT2D eigenvalue weighted by Gasteiger charge is 2.16. The third kappa shape index (κ3) is 2.51. The first-order valence-electron chi connectivity index (χ1n) is 7.35. The molecule has 21 heavy (non-hydrogen) atoms. The SMILES string of the molecule is CCn1nc(C)c2nc(N)n(CCCCn3ccnc3)c21. The predicted octanol–water partition coefficient (Wildman–Crippen LogP) is 1.82. The fraction of sp³-hybridized carbons (Fsp3) is 0.500. The Hall–Kier alpha value is -2.31. The highest BCUT2D eigenvalue weighted by molar-refractivity contribution is 5.77. The fourth-order valence-electron chi connectivity index (χ4n) is 2.67. The van der Waals surface area contributed by atoms with Crippen molar-refractivity contribution in [1.29, 1.82) is 0 Å². The summed E-state index contributed by atoms with van der Waals surface area (Å²) < 4.78 is 6.14. The Balaban J connectivity index is 1.72. The van der Waals surface area contributed by atoms with E-state index >= 15 is 0 Å². The second-order valence-electron chi connectivity index (χ2n) is 5.20. The summed E-state index contributed by atoms with van der Waals surface area (Å²) >= 11 is 0. The van der Waals surface area contributed by atoms with Gasteiger partial charge in [0.15, 0.2) is 5.65 Å². The zero-order valence-corrected chi connectivity index (χ0v) is 12.5. The molecule has 3 aromatic heterocycles. The van der Waals surface area contributed by atoms with E-state index in [-0.39, 0.29) is 0 Å².